The lowest BCUT2D eigenvalue weighted by Crippen LogP contribution is -2.44. The Kier molecular flexibility index (Phi) is 3.38. The molecule has 2 rings (SSSR count). The van der Waals surface area contributed by atoms with Gasteiger partial charge in [0.25, 0.3) is 0 Å². The molecule has 7 heteroatoms. The summed E-state index contributed by atoms with van der Waals surface area (Å²) in [5.41, 5.74) is 3.18. The van der Waals surface area contributed by atoms with Gasteiger partial charge in [0.2, 0.25) is 11.9 Å². The van der Waals surface area contributed by atoms with E-state index >= 15 is 0 Å². The third-order valence-corrected chi connectivity index (χ3v) is 2.59. The van der Waals surface area contributed by atoms with Crippen molar-refractivity contribution in [2.24, 2.45) is 5.84 Å². The molecule has 0 aliphatic carbocycles. The number of aromatic nitrogens is 2. The summed E-state index contributed by atoms with van der Waals surface area (Å²) in [5.74, 6) is 6.22. The lowest BCUT2D eigenvalue weighted by atomic mass is 10.1. The monoisotopic (exact) mass is 236 g/mol. The molecule has 1 fully saturated rings. The fourth-order valence-corrected chi connectivity index (χ4v) is 1.80. The molecule has 2 heterocycles. The zero-order valence-electron chi connectivity index (χ0n) is 9.66. The van der Waals surface area contributed by atoms with Crippen LogP contribution >= 0.6 is 0 Å². The molecular formula is C10H16N6O. The number of anilines is 2. The lowest BCUT2D eigenvalue weighted by Gasteiger charge is -2.23. The van der Waals surface area contributed by atoms with Crippen LogP contribution in [0.25, 0.3) is 0 Å². The van der Waals surface area contributed by atoms with Crippen LogP contribution in [0.2, 0.25) is 0 Å². The summed E-state index contributed by atoms with van der Waals surface area (Å²) in [4.78, 5) is 19.8. The first kappa shape index (κ1) is 11.6. The van der Waals surface area contributed by atoms with E-state index in [9.17, 15) is 4.79 Å². The standard InChI is InChI=1S/C10H16N6O/c1-6-5-8(15-10(13-6)16-11)14-7-3-2-4-12-9(7)17/h5,7H,2-4,11H2,1H3,(H,12,17)(H2,13,14,15,16). The normalized spacial score (nSPS) is 19.6. The molecule has 0 spiro atoms. The third-order valence-electron chi connectivity index (χ3n) is 2.59. The second-order valence-electron chi connectivity index (χ2n) is 3.99. The summed E-state index contributed by atoms with van der Waals surface area (Å²) in [6, 6.07) is 1.55. The molecule has 92 valence electrons. The minimum atomic E-state index is -0.233. The topological polar surface area (TPSA) is 105 Å². The van der Waals surface area contributed by atoms with Crippen LogP contribution in [-0.4, -0.2) is 28.5 Å². The Labute approximate surface area is 99.2 Å². The van der Waals surface area contributed by atoms with Crippen molar-refractivity contribution in [3.8, 4) is 0 Å². The highest BCUT2D eigenvalue weighted by Gasteiger charge is 2.22. The summed E-state index contributed by atoms with van der Waals surface area (Å²) in [7, 11) is 0. The molecule has 1 atom stereocenters. The number of nitrogens with zero attached hydrogens (tertiary/aromatic N) is 2. The van der Waals surface area contributed by atoms with Crippen LogP contribution in [0.1, 0.15) is 18.5 Å². The van der Waals surface area contributed by atoms with Crippen LogP contribution in [0.4, 0.5) is 11.8 Å². The quantitative estimate of drug-likeness (QED) is 0.426. The Bertz CT molecular complexity index is 421. The van der Waals surface area contributed by atoms with Crippen molar-refractivity contribution in [1.29, 1.82) is 0 Å². The summed E-state index contributed by atoms with van der Waals surface area (Å²) in [5, 5.41) is 5.90. The number of rotatable bonds is 3. The molecule has 0 bridgehead atoms. The van der Waals surface area contributed by atoms with Gasteiger partial charge in [-0.3, -0.25) is 10.2 Å². The van der Waals surface area contributed by atoms with Crippen molar-refractivity contribution < 1.29 is 4.79 Å². The second-order valence-corrected chi connectivity index (χ2v) is 3.99. The predicted molar refractivity (Wildman–Crippen MR) is 64.2 cm³/mol. The zero-order valence-corrected chi connectivity index (χ0v) is 9.66. The van der Waals surface area contributed by atoms with Gasteiger partial charge in [-0.25, -0.2) is 10.8 Å². The van der Waals surface area contributed by atoms with E-state index in [2.05, 4.69) is 26.0 Å². The minimum absolute atomic E-state index is 0.00905. The van der Waals surface area contributed by atoms with Crippen LogP contribution < -0.4 is 21.9 Å². The molecule has 1 aromatic heterocycles. The van der Waals surface area contributed by atoms with E-state index < -0.39 is 0 Å². The van der Waals surface area contributed by atoms with Crippen molar-refractivity contribution in [2.45, 2.75) is 25.8 Å². The van der Waals surface area contributed by atoms with Crippen molar-refractivity contribution in [3.05, 3.63) is 11.8 Å². The fraction of sp³-hybridized carbons (Fsp3) is 0.500. The predicted octanol–water partition coefficient (Wildman–Crippen LogP) is -0.239. The van der Waals surface area contributed by atoms with Crippen molar-refractivity contribution >= 4 is 17.7 Å². The molecule has 1 saturated heterocycles. The number of hydrazine groups is 1. The van der Waals surface area contributed by atoms with Gasteiger partial charge < -0.3 is 10.6 Å². The minimum Gasteiger partial charge on any atom is -0.358 e. The van der Waals surface area contributed by atoms with Crippen LogP contribution in [0.3, 0.4) is 0 Å². The number of nitrogen functional groups attached to an aromatic ring is 1. The van der Waals surface area contributed by atoms with E-state index in [0.29, 0.717) is 11.8 Å². The molecular weight excluding hydrogens is 220 g/mol. The van der Waals surface area contributed by atoms with Crippen molar-refractivity contribution in [1.82, 2.24) is 15.3 Å². The number of carbonyl (C=O) groups excluding carboxylic acids is 1. The summed E-state index contributed by atoms with van der Waals surface area (Å²) >= 11 is 0. The number of hydrogen-bond donors (Lipinski definition) is 4. The molecule has 0 radical (unpaired) electrons. The van der Waals surface area contributed by atoms with E-state index in [1.54, 1.807) is 6.07 Å². The highest BCUT2D eigenvalue weighted by molar-refractivity contribution is 5.85. The first-order valence-corrected chi connectivity index (χ1v) is 5.55. The number of nitrogens with one attached hydrogen (secondary N) is 3. The molecule has 17 heavy (non-hydrogen) atoms. The molecule has 1 aromatic rings. The van der Waals surface area contributed by atoms with Crippen LogP contribution in [0, 0.1) is 6.92 Å². The number of carbonyl (C=O) groups is 1. The van der Waals surface area contributed by atoms with E-state index in [-0.39, 0.29) is 11.9 Å². The molecule has 7 nitrogen and oxygen atoms in total. The molecule has 1 unspecified atom stereocenters. The molecule has 1 aliphatic rings. The fourth-order valence-electron chi connectivity index (χ4n) is 1.80. The average molecular weight is 236 g/mol. The van der Waals surface area contributed by atoms with E-state index in [1.165, 1.54) is 0 Å². The summed E-state index contributed by atoms with van der Waals surface area (Å²) in [6.07, 6.45) is 1.77. The maximum atomic E-state index is 11.6. The number of nitrogens with two attached hydrogens (primary N) is 1. The van der Waals surface area contributed by atoms with Crippen LogP contribution in [-0.2, 0) is 4.79 Å². The summed E-state index contributed by atoms with van der Waals surface area (Å²) in [6.45, 7) is 2.59. The average Bonchev–Trinajstić information content (AvgIpc) is 2.31. The highest BCUT2D eigenvalue weighted by Crippen LogP contribution is 2.13. The third kappa shape index (κ3) is 2.82. The van der Waals surface area contributed by atoms with Crippen molar-refractivity contribution in [3.63, 3.8) is 0 Å². The van der Waals surface area contributed by atoms with Gasteiger partial charge in [0, 0.05) is 18.3 Å². The maximum absolute atomic E-state index is 11.6. The van der Waals surface area contributed by atoms with Gasteiger partial charge in [0.05, 0.1) is 0 Å². The Morgan fingerprint density at radius 3 is 3.06 bits per heavy atom. The Balaban J connectivity index is 2.11. The first-order valence-electron chi connectivity index (χ1n) is 5.55. The number of amides is 1. The van der Waals surface area contributed by atoms with Gasteiger partial charge in [-0.05, 0) is 19.8 Å². The Hall–Kier alpha value is -1.89. The molecule has 0 saturated carbocycles. The SMILES string of the molecule is Cc1cc(NC2CCCNC2=O)nc(NN)n1. The van der Waals surface area contributed by atoms with Crippen LogP contribution in [0.5, 0.6) is 0 Å². The maximum Gasteiger partial charge on any atom is 0.242 e. The number of aryl methyl sites for hydroxylation is 1. The zero-order chi connectivity index (χ0) is 12.3. The van der Waals surface area contributed by atoms with Gasteiger partial charge in [0.15, 0.2) is 0 Å². The van der Waals surface area contributed by atoms with Gasteiger partial charge in [-0.15, -0.1) is 0 Å². The lowest BCUT2D eigenvalue weighted by molar-refractivity contribution is -0.123. The first-order chi connectivity index (χ1) is 8.19. The molecule has 1 amide bonds. The van der Waals surface area contributed by atoms with Crippen molar-refractivity contribution in [2.75, 3.05) is 17.3 Å². The number of hydrogen-bond acceptors (Lipinski definition) is 6. The van der Waals surface area contributed by atoms with Crippen LogP contribution in [0.15, 0.2) is 6.07 Å². The Morgan fingerprint density at radius 1 is 1.53 bits per heavy atom. The van der Waals surface area contributed by atoms with Gasteiger partial charge >= 0.3 is 0 Å². The molecule has 5 N–H and O–H groups in total. The van der Waals surface area contributed by atoms with E-state index in [4.69, 9.17) is 5.84 Å². The summed E-state index contributed by atoms with van der Waals surface area (Å²) < 4.78 is 0. The largest absolute Gasteiger partial charge is 0.358 e. The molecule has 1 aliphatic heterocycles. The van der Waals surface area contributed by atoms with E-state index in [1.807, 2.05) is 6.92 Å². The highest BCUT2D eigenvalue weighted by atomic mass is 16.2. The van der Waals surface area contributed by atoms with Gasteiger partial charge in [0.1, 0.15) is 11.9 Å². The van der Waals surface area contributed by atoms with Gasteiger partial charge in [-0.1, -0.05) is 0 Å². The number of piperidine rings is 1. The Morgan fingerprint density at radius 2 is 2.35 bits per heavy atom. The molecule has 0 aromatic carbocycles. The van der Waals surface area contributed by atoms with Gasteiger partial charge in [-0.2, -0.15) is 4.98 Å². The second kappa shape index (κ2) is 4.96. The smallest absolute Gasteiger partial charge is 0.242 e. The van der Waals surface area contributed by atoms with E-state index in [0.717, 1.165) is 25.1 Å².